The Balaban J connectivity index is 1.94. The average Bonchev–Trinajstić information content (AvgIpc) is 2.89. The molecule has 3 rings (SSSR count). The molecule has 1 heterocycles. The number of amides is 1. The molecule has 1 aromatic heterocycles. The normalized spacial score (nSPS) is 11.3. The molecule has 0 spiro atoms. The number of rotatable bonds is 3. The summed E-state index contributed by atoms with van der Waals surface area (Å²) < 4.78 is 2.83. The van der Waals surface area contributed by atoms with Gasteiger partial charge in [-0.3, -0.25) is 4.79 Å². The molecule has 0 radical (unpaired) electrons. The van der Waals surface area contributed by atoms with Crippen LogP contribution in [0.2, 0.25) is 0 Å². The van der Waals surface area contributed by atoms with Gasteiger partial charge in [0.05, 0.1) is 0 Å². The zero-order valence-electron chi connectivity index (χ0n) is 13.0. The third-order valence-corrected chi connectivity index (χ3v) is 4.17. The van der Waals surface area contributed by atoms with Crippen molar-refractivity contribution in [2.45, 2.75) is 0 Å². The number of fused-ring (bicyclic) bond motifs is 1. The number of benzene rings is 2. The van der Waals surface area contributed by atoms with E-state index in [0.717, 1.165) is 20.9 Å². The van der Waals surface area contributed by atoms with Crippen molar-refractivity contribution in [1.29, 1.82) is 5.26 Å². The number of aromatic nitrogens is 1. The van der Waals surface area contributed by atoms with Crippen LogP contribution in [-0.2, 0) is 11.8 Å². The largest absolute Gasteiger partial charge is 0.350 e. The molecule has 5 heteroatoms. The fourth-order valence-corrected chi connectivity index (χ4v) is 2.96. The van der Waals surface area contributed by atoms with E-state index in [4.69, 9.17) is 0 Å². The standard InChI is InChI=1S/C19H14BrN3O/c1-23-12-14(17-7-2-3-8-18(17)23)9-13(11-21)19(24)22-16-6-4-5-15(20)10-16/h2-10,12H,1H3,(H,22,24)/b13-9-. The molecule has 0 saturated heterocycles. The third-order valence-electron chi connectivity index (χ3n) is 3.68. The maximum atomic E-state index is 12.4. The highest BCUT2D eigenvalue weighted by Crippen LogP contribution is 2.23. The Labute approximate surface area is 148 Å². The topological polar surface area (TPSA) is 57.8 Å². The van der Waals surface area contributed by atoms with E-state index in [-0.39, 0.29) is 5.57 Å². The molecule has 0 atom stereocenters. The first-order valence-corrected chi connectivity index (χ1v) is 8.10. The number of anilines is 1. The van der Waals surface area contributed by atoms with Gasteiger partial charge in [-0.1, -0.05) is 40.2 Å². The molecule has 0 aliphatic carbocycles. The second kappa shape index (κ2) is 6.73. The van der Waals surface area contributed by atoms with Crippen molar-refractivity contribution in [3.8, 4) is 6.07 Å². The molecule has 0 aliphatic rings. The third kappa shape index (κ3) is 3.24. The minimum Gasteiger partial charge on any atom is -0.350 e. The van der Waals surface area contributed by atoms with E-state index >= 15 is 0 Å². The summed E-state index contributed by atoms with van der Waals surface area (Å²) in [7, 11) is 1.94. The SMILES string of the molecule is Cn1cc(/C=C(/C#N)C(=O)Nc2cccc(Br)c2)c2ccccc21. The van der Waals surface area contributed by atoms with Crippen LogP contribution in [-0.4, -0.2) is 10.5 Å². The van der Waals surface area contributed by atoms with Gasteiger partial charge in [0.25, 0.3) is 5.91 Å². The molecular weight excluding hydrogens is 366 g/mol. The second-order valence-electron chi connectivity index (χ2n) is 5.35. The van der Waals surface area contributed by atoms with Crippen LogP contribution in [0.25, 0.3) is 17.0 Å². The molecular formula is C19H14BrN3O. The summed E-state index contributed by atoms with van der Waals surface area (Å²) in [5.41, 5.74) is 2.59. The zero-order chi connectivity index (χ0) is 17.1. The van der Waals surface area contributed by atoms with Crippen LogP contribution >= 0.6 is 15.9 Å². The van der Waals surface area contributed by atoms with Gasteiger partial charge in [0, 0.05) is 39.9 Å². The Kier molecular flexibility index (Phi) is 4.50. The quantitative estimate of drug-likeness (QED) is 0.538. The van der Waals surface area contributed by atoms with Gasteiger partial charge in [-0.15, -0.1) is 0 Å². The van der Waals surface area contributed by atoms with E-state index in [1.54, 1.807) is 18.2 Å². The summed E-state index contributed by atoms with van der Waals surface area (Å²) in [6.45, 7) is 0. The van der Waals surface area contributed by atoms with Crippen molar-refractivity contribution >= 4 is 44.5 Å². The van der Waals surface area contributed by atoms with Crippen LogP contribution in [0.5, 0.6) is 0 Å². The van der Waals surface area contributed by atoms with Gasteiger partial charge in [0.1, 0.15) is 11.6 Å². The zero-order valence-corrected chi connectivity index (χ0v) is 14.5. The number of carbonyl (C=O) groups is 1. The lowest BCUT2D eigenvalue weighted by molar-refractivity contribution is -0.112. The smallest absolute Gasteiger partial charge is 0.266 e. The van der Waals surface area contributed by atoms with Gasteiger partial charge < -0.3 is 9.88 Å². The number of carbonyl (C=O) groups excluding carboxylic acids is 1. The molecule has 118 valence electrons. The molecule has 3 aromatic rings. The monoisotopic (exact) mass is 379 g/mol. The Morgan fingerprint density at radius 2 is 2.04 bits per heavy atom. The highest BCUT2D eigenvalue weighted by atomic mass is 79.9. The second-order valence-corrected chi connectivity index (χ2v) is 6.26. The highest BCUT2D eigenvalue weighted by Gasteiger charge is 2.12. The van der Waals surface area contributed by atoms with Gasteiger partial charge in [-0.05, 0) is 30.3 Å². The van der Waals surface area contributed by atoms with E-state index in [1.165, 1.54) is 0 Å². The minimum absolute atomic E-state index is 0.0614. The molecule has 1 N–H and O–H groups in total. The van der Waals surface area contributed by atoms with E-state index < -0.39 is 5.91 Å². The van der Waals surface area contributed by atoms with Crippen molar-refractivity contribution in [3.63, 3.8) is 0 Å². The van der Waals surface area contributed by atoms with Crippen molar-refractivity contribution in [2.24, 2.45) is 7.05 Å². The van der Waals surface area contributed by atoms with E-state index in [1.807, 2.05) is 60.3 Å². The first-order chi connectivity index (χ1) is 11.6. The van der Waals surface area contributed by atoms with Crippen LogP contribution < -0.4 is 5.32 Å². The lowest BCUT2D eigenvalue weighted by Crippen LogP contribution is -2.13. The number of nitrogens with zero attached hydrogens (tertiary/aromatic N) is 2. The van der Waals surface area contributed by atoms with Crippen LogP contribution in [0, 0.1) is 11.3 Å². The summed E-state index contributed by atoms with van der Waals surface area (Å²) in [6.07, 6.45) is 3.53. The van der Waals surface area contributed by atoms with Gasteiger partial charge in [-0.2, -0.15) is 5.26 Å². The predicted molar refractivity (Wildman–Crippen MR) is 99.3 cm³/mol. The predicted octanol–water partition coefficient (Wildman–Crippen LogP) is 4.49. The van der Waals surface area contributed by atoms with Gasteiger partial charge in [-0.25, -0.2) is 0 Å². The highest BCUT2D eigenvalue weighted by molar-refractivity contribution is 9.10. The Morgan fingerprint density at radius 3 is 2.79 bits per heavy atom. The number of para-hydroxylation sites is 1. The summed E-state index contributed by atoms with van der Waals surface area (Å²) in [4.78, 5) is 12.4. The molecule has 0 aliphatic heterocycles. The van der Waals surface area contributed by atoms with Crippen LogP contribution in [0.4, 0.5) is 5.69 Å². The maximum Gasteiger partial charge on any atom is 0.266 e. The molecule has 0 saturated carbocycles. The number of halogens is 1. The average molecular weight is 380 g/mol. The van der Waals surface area contributed by atoms with Crippen LogP contribution in [0.3, 0.4) is 0 Å². The molecule has 1 amide bonds. The number of nitrogens with one attached hydrogen (secondary N) is 1. The van der Waals surface area contributed by atoms with Gasteiger partial charge in [0.2, 0.25) is 0 Å². The lowest BCUT2D eigenvalue weighted by atomic mass is 10.1. The first-order valence-electron chi connectivity index (χ1n) is 7.31. The van der Waals surface area contributed by atoms with E-state index in [9.17, 15) is 10.1 Å². The maximum absolute atomic E-state index is 12.4. The molecule has 0 bridgehead atoms. The lowest BCUT2D eigenvalue weighted by Gasteiger charge is -2.04. The minimum atomic E-state index is -0.427. The molecule has 4 nitrogen and oxygen atoms in total. The van der Waals surface area contributed by atoms with Crippen LogP contribution in [0.1, 0.15) is 5.56 Å². The summed E-state index contributed by atoms with van der Waals surface area (Å²) in [5.74, 6) is -0.427. The van der Waals surface area contributed by atoms with Crippen molar-refractivity contribution < 1.29 is 4.79 Å². The van der Waals surface area contributed by atoms with Gasteiger partial charge >= 0.3 is 0 Å². The van der Waals surface area contributed by atoms with E-state index in [2.05, 4.69) is 21.2 Å². The van der Waals surface area contributed by atoms with Crippen molar-refractivity contribution in [1.82, 2.24) is 4.57 Å². The van der Waals surface area contributed by atoms with Crippen molar-refractivity contribution in [2.75, 3.05) is 5.32 Å². The molecule has 2 aromatic carbocycles. The molecule has 0 unspecified atom stereocenters. The van der Waals surface area contributed by atoms with Gasteiger partial charge in [0.15, 0.2) is 0 Å². The Bertz CT molecular complexity index is 995. The number of aryl methyl sites for hydroxylation is 1. The first kappa shape index (κ1) is 16.0. The Hall–Kier alpha value is -2.84. The fourth-order valence-electron chi connectivity index (χ4n) is 2.56. The number of nitriles is 1. The summed E-state index contributed by atoms with van der Waals surface area (Å²) >= 11 is 3.36. The van der Waals surface area contributed by atoms with Crippen molar-refractivity contribution in [3.05, 3.63) is 70.3 Å². The number of hydrogen-bond donors (Lipinski definition) is 1. The van der Waals surface area contributed by atoms with Crippen LogP contribution in [0.15, 0.2) is 64.8 Å². The molecule has 24 heavy (non-hydrogen) atoms. The molecule has 0 fully saturated rings. The fraction of sp³-hybridized carbons (Fsp3) is 0.0526. The van der Waals surface area contributed by atoms with E-state index in [0.29, 0.717) is 5.69 Å². The summed E-state index contributed by atoms with van der Waals surface area (Å²) in [6, 6.07) is 17.1. The Morgan fingerprint density at radius 1 is 1.25 bits per heavy atom. The summed E-state index contributed by atoms with van der Waals surface area (Å²) in [5, 5.41) is 13.1. The number of hydrogen-bond acceptors (Lipinski definition) is 2.